The van der Waals surface area contributed by atoms with Crippen LogP contribution in [0.1, 0.15) is 19.3 Å². The molecule has 2 aliphatic heterocycles. The van der Waals surface area contributed by atoms with Crippen LogP contribution in [0, 0.1) is 5.92 Å². The predicted octanol–water partition coefficient (Wildman–Crippen LogP) is 1.20. The Labute approximate surface area is 74.1 Å². The van der Waals surface area contributed by atoms with Crippen LogP contribution in [0.3, 0.4) is 0 Å². The molecule has 0 aromatic carbocycles. The molecule has 0 saturated carbocycles. The molecule has 2 unspecified atom stereocenters. The van der Waals surface area contributed by atoms with Gasteiger partial charge in [-0.15, -0.1) is 12.4 Å². The van der Waals surface area contributed by atoms with E-state index >= 15 is 0 Å². The van der Waals surface area contributed by atoms with Crippen LogP contribution in [0.2, 0.25) is 0 Å². The second kappa shape index (κ2) is 4.29. The Morgan fingerprint density at radius 1 is 1.27 bits per heavy atom. The Hall–Kier alpha value is 0.210. The molecule has 3 heteroatoms. The van der Waals surface area contributed by atoms with Gasteiger partial charge < -0.3 is 10.1 Å². The van der Waals surface area contributed by atoms with Crippen LogP contribution < -0.4 is 5.32 Å². The highest BCUT2D eigenvalue weighted by Gasteiger charge is 2.27. The molecule has 0 radical (unpaired) electrons. The predicted molar refractivity (Wildman–Crippen MR) is 47.2 cm³/mol. The molecule has 0 bridgehead atoms. The van der Waals surface area contributed by atoms with E-state index < -0.39 is 0 Å². The maximum Gasteiger partial charge on any atom is 0.0509 e. The number of ether oxygens (including phenoxy) is 1. The molecule has 2 nitrogen and oxygen atoms in total. The van der Waals surface area contributed by atoms with Gasteiger partial charge in [-0.25, -0.2) is 0 Å². The molecule has 66 valence electrons. The van der Waals surface area contributed by atoms with Crippen LogP contribution >= 0.6 is 12.4 Å². The van der Waals surface area contributed by atoms with Crippen molar-refractivity contribution in [1.29, 1.82) is 0 Å². The van der Waals surface area contributed by atoms with E-state index in [4.69, 9.17) is 4.74 Å². The lowest BCUT2D eigenvalue weighted by Crippen LogP contribution is -2.46. The molecule has 0 amide bonds. The van der Waals surface area contributed by atoms with E-state index in [1.807, 2.05) is 0 Å². The fourth-order valence-corrected chi connectivity index (χ4v) is 2.00. The van der Waals surface area contributed by atoms with Gasteiger partial charge in [0.15, 0.2) is 0 Å². The molecule has 0 aliphatic carbocycles. The van der Waals surface area contributed by atoms with Crippen molar-refractivity contribution in [3.63, 3.8) is 0 Å². The van der Waals surface area contributed by atoms with Crippen LogP contribution in [0.4, 0.5) is 0 Å². The average molecular weight is 178 g/mol. The Balaban J connectivity index is 0.000000605. The smallest absolute Gasteiger partial charge is 0.0509 e. The normalized spacial score (nSPS) is 37.1. The Morgan fingerprint density at radius 2 is 2.18 bits per heavy atom. The fraction of sp³-hybridized carbons (Fsp3) is 1.00. The fourth-order valence-electron chi connectivity index (χ4n) is 2.00. The third-order valence-electron chi connectivity index (χ3n) is 2.63. The van der Waals surface area contributed by atoms with Gasteiger partial charge >= 0.3 is 0 Å². The van der Waals surface area contributed by atoms with Crippen molar-refractivity contribution in [3.8, 4) is 0 Å². The summed E-state index contributed by atoms with van der Waals surface area (Å²) >= 11 is 0. The van der Waals surface area contributed by atoms with Gasteiger partial charge in [0.1, 0.15) is 0 Å². The first-order valence-corrected chi connectivity index (χ1v) is 4.28. The van der Waals surface area contributed by atoms with Crippen LogP contribution in [-0.4, -0.2) is 25.8 Å². The highest BCUT2D eigenvalue weighted by atomic mass is 35.5. The van der Waals surface area contributed by atoms with Crippen molar-refractivity contribution in [2.75, 3.05) is 19.8 Å². The zero-order valence-corrected chi connectivity index (χ0v) is 7.53. The molecule has 2 aliphatic rings. The first kappa shape index (κ1) is 9.30. The van der Waals surface area contributed by atoms with Crippen LogP contribution in [0.5, 0.6) is 0 Å². The summed E-state index contributed by atoms with van der Waals surface area (Å²) in [4.78, 5) is 0. The molecule has 2 saturated heterocycles. The lowest BCUT2D eigenvalue weighted by molar-refractivity contribution is 0.0187. The van der Waals surface area contributed by atoms with E-state index in [2.05, 4.69) is 5.32 Å². The van der Waals surface area contributed by atoms with Crippen LogP contribution in [0.25, 0.3) is 0 Å². The van der Waals surface area contributed by atoms with Gasteiger partial charge in [-0.2, -0.15) is 0 Å². The summed E-state index contributed by atoms with van der Waals surface area (Å²) in [6, 6.07) is 0.780. The van der Waals surface area contributed by atoms with Crippen molar-refractivity contribution in [2.24, 2.45) is 5.92 Å². The van der Waals surface area contributed by atoms with Gasteiger partial charge in [-0.3, -0.25) is 0 Å². The summed E-state index contributed by atoms with van der Waals surface area (Å²) < 4.78 is 5.40. The second-order valence-electron chi connectivity index (χ2n) is 3.33. The molecule has 1 N–H and O–H groups in total. The van der Waals surface area contributed by atoms with Crippen molar-refractivity contribution in [2.45, 2.75) is 25.3 Å². The first-order chi connectivity index (χ1) is 4.97. The molecular weight excluding hydrogens is 162 g/mol. The lowest BCUT2D eigenvalue weighted by atomic mass is 9.88. The summed E-state index contributed by atoms with van der Waals surface area (Å²) in [5, 5.41) is 3.54. The SMILES string of the molecule is C1CNC2CCOCC2C1.Cl. The lowest BCUT2D eigenvalue weighted by Gasteiger charge is -2.35. The van der Waals surface area contributed by atoms with Gasteiger partial charge in [-0.05, 0) is 31.7 Å². The van der Waals surface area contributed by atoms with E-state index in [0.717, 1.165) is 25.2 Å². The van der Waals surface area contributed by atoms with E-state index in [1.54, 1.807) is 0 Å². The van der Waals surface area contributed by atoms with E-state index in [9.17, 15) is 0 Å². The number of nitrogens with one attached hydrogen (secondary N) is 1. The average Bonchev–Trinajstić information content (AvgIpc) is 2.05. The van der Waals surface area contributed by atoms with E-state index in [1.165, 1.54) is 25.8 Å². The van der Waals surface area contributed by atoms with Crippen LogP contribution in [-0.2, 0) is 4.74 Å². The molecule has 2 rings (SSSR count). The van der Waals surface area contributed by atoms with Crippen molar-refractivity contribution in [1.82, 2.24) is 5.32 Å². The number of halogens is 1. The third-order valence-corrected chi connectivity index (χ3v) is 2.63. The van der Waals surface area contributed by atoms with Gasteiger partial charge in [0.2, 0.25) is 0 Å². The first-order valence-electron chi connectivity index (χ1n) is 4.28. The van der Waals surface area contributed by atoms with Crippen LogP contribution in [0.15, 0.2) is 0 Å². The minimum atomic E-state index is 0. The maximum absolute atomic E-state index is 5.40. The molecule has 2 fully saturated rings. The monoisotopic (exact) mass is 177 g/mol. The second-order valence-corrected chi connectivity index (χ2v) is 3.33. The summed E-state index contributed by atoms with van der Waals surface area (Å²) in [5.41, 5.74) is 0. The van der Waals surface area contributed by atoms with Gasteiger partial charge in [0.25, 0.3) is 0 Å². The number of hydrogen-bond donors (Lipinski definition) is 1. The number of hydrogen-bond acceptors (Lipinski definition) is 2. The Morgan fingerprint density at radius 3 is 3.00 bits per heavy atom. The largest absolute Gasteiger partial charge is 0.381 e. The number of piperidine rings is 1. The Kier molecular flexibility index (Phi) is 3.63. The van der Waals surface area contributed by atoms with Crippen molar-refractivity contribution in [3.05, 3.63) is 0 Å². The molecule has 0 aromatic heterocycles. The molecular formula is C8H16ClNO. The molecule has 11 heavy (non-hydrogen) atoms. The van der Waals surface area contributed by atoms with Crippen molar-refractivity contribution >= 4 is 12.4 Å². The molecule has 0 spiro atoms. The van der Waals surface area contributed by atoms with Gasteiger partial charge in [-0.1, -0.05) is 0 Å². The van der Waals surface area contributed by atoms with Gasteiger partial charge in [0.05, 0.1) is 6.61 Å². The third kappa shape index (κ3) is 2.08. The minimum absolute atomic E-state index is 0. The topological polar surface area (TPSA) is 21.3 Å². The highest BCUT2D eigenvalue weighted by molar-refractivity contribution is 5.85. The molecule has 2 atom stereocenters. The zero-order chi connectivity index (χ0) is 6.81. The standard InChI is InChI=1S/C8H15NO.ClH/c1-2-7-6-10-5-3-8(7)9-4-1;/h7-9H,1-6H2;1H. The number of fused-ring (bicyclic) bond motifs is 1. The number of rotatable bonds is 0. The molecule has 2 heterocycles. The quantitative estimate of drug-likeness (QED) is 0.601. The maximum atomic E-state index is 5.40. The summed E-state index contributed by atoms with van der Waals surface area (Å²) in [6.07, 6.45) is 3.94. The summed E-state index contributed by atoms with van der Waals surface area (Å²) in [5.74, 6) is 0.822. The van der Waals surface area contributed by atoms with Crippen molar-refractivity contribution < 1.29 is 4.74 Å². The van der Waals surface area contributed by atoms with E-state index in [-0.39, 0.29) is 12.4 Å². The molecule has 0 aromatic rings. The summed E-state index contributed by atoms with van der Waals surface area (Å²) in [7, 11) is 0. The minimum Gasteiger partial charge on any atom is -0.381 e. The van der Waals surface area contributed by atoms with Gasteiger partial charge in [0, 0.05) is 12.6 Å². The highest BCUT2D eigenvalue weighted by Crippen LogP contribution is 2.22. The summed E-state index contributed by atoms with van der Waals surface area (Å²) in [6.45, 7) is 3.19. The zero-order valence-electron chi connectivity index (χ0n) is 6.71. The van der Waals surface area contributed by atoms with E-state index in [0.29, 0.717) is 0 Å². The Bertz CT molecular complexity index is 94.7.